The van der Waals surface area contributed by atoms with Gasteiger partial charge in [0.15, 0.2) is 5.82 Å². The molecule has 1 aromatic carbocycles. The minimum atomic E-state index is 0.355. The zero-order valence-corrected chi connectivity index (χ0v) is 11.6. The molecule has 0 unspecified atom stereocenters. The number of halogens is 1. The smallest absolute Gasteiger partial charge is 0.156 e. The van der Waals surface area contributed by atoms with Gasteiger partial charge in [0.25, 0.3) is 0 Å². The van der Waals surface area contributed by atoms with Crippen LogP contribution in [-0.4, -0.2) is 23.7 Å². The van der Waals surface area contributed by atoms with Crippen molar-refractivity contribution in [1.82, 2.24) is 9.97 Å². The molecule has 1 aromatic heterocycles. The summed E-state index contributed by atoms with van der Waals surface area (Å²) in [7, 11) is 1.63. The maximum absolute atomic E-state index is 6.01. The molecule has 2 rings (SSSR count). The third kappa shape index (κ3) is 3.66. The number of ether oxygens (including phenoxy) is 2. The first kappa shape index (κ1) is 13.8. The average molecular weight is 279 g/mol. The van der Waals surface area contributed by atoms with Crippen molar-refractivity contribution >= 4 is 11.6 Å². The number of nitrogens with zero attached hydrogens (tertiary/aromatic N) is 2. The third-order valence-corrected chi connectivity index (χ3v) is 2.74. The van der Waals surface area contributed by atoms with Gasteiger partial charge in [-0.25, -0.2) is 9.97 Å². The second-order valence-corrected chi connectivity index (χ2v) is 4.25. The molecule has 0 amide bonds. The summed E-state index contributed by atoms with van der Waals surface area (Å²) < 4.78 is 10.5. The molecule has 0 radical (unpaired) electrons. The SMILES string of the molecule is CCOCc1nc(Cl)cc(-c2cccc(OC)c2)n1. The van der Waals surface area contributed by atoms with E-state index < -0.39 is 0 Å². The largest absolute Gasteiger partial charge is 0.497 e. The van der Waals surface area contributed by atoms with Crippen molar-refractivity contribution in [3.8, 4) is 17.0 Å². The quantitative estimate of drug-likeness (QED) is 0.787. The van der Waals surface area contributed by atoms with Crippen molar-refractivity contribution in [2.24, 2.45) is 0 Å². The summed E-state index contributed by atoms with van der Waals surface area (Å²) in [4.78, 5) is 8.58. The first-order valence-electron chi connectivity index (χ1n) is 5.98. The van der Waals surface area contributed by atoms with Gasteiger partial charge in [-0.2, -0.15) is 0 Å². The van der Waals surface area contributed by atoms with E-state index in [4.69, 9.17) is 21.1 Å². The van der Waals surface area contributed by atoms with Crippen molar-refractivity contribution in [3.63, 3.8) is 0 Å². The van der Waals surface area contributed by atoms with E-state index in [1.54, 1.807) is 13.2 Å². The van der Waals surface area contributed by atoms with Crippen molar-refractivity contribution in [3.05, 3.63) is 41.3 Å². The Balaban J connectivity index is 2.34. The maximum atomic E-state index is 6.01. The standard InChI is InChI=1S/C14H15ClN2O2/c1-3-19-9-14-16-12(8-13(15)17-14)10-5-4-6-11(7-10)18-2/h4-8H,3,9H2,1-2H3. The lowest BCUT2D eigenvalue weighted by Crippen LogP contribution is -2.00. The molecule has 0 spiro atoms. The second-order valence-electron chi connectivity index (χ2n) is 3.86. The number of benzene rings is 1. The van der Waals surface area contributed by atoms with Gasteiger partial charge in [0.05, 0.1) is 12.8 Å². The van der Waals surface area contributed by atoms with Gasteiger partial charge >= 0.3 is 0 Å². The highest BCUT2D eigenvalue weighted by molar-refractivity contribution is 6.29. The lowest BCUT2D eigenvalue weighted by Gasteiger charge is -2.07. The van der Waals surface area contributed by atoms with Crippen LogP contribution in [0.5, 0.6) is 5.75 Å². The predicted octanol–water partition coefficient (Wildman–Crippen LogP) is 3.34. The molecule has 0 aliphatic heterocycles. The molecule has 2 aromatic rings. The van der Waals surface area contributed by atoms with E-state index in [0.29, 0.717) is 24.2 Å². The molecule has 0 atom stereocenters. The van der Waals surface area contributed by atoms with E-state index in [0.717, 1.165) is 17.0 Å². The molecular formula is C14H15ClN2O2. The first-order chi connectivity index (χ1) is 9.22. The molecule has 0 aliphatic rings. The summed E-state index contributed by atoms with van der Waals surface area (Å²) in [6.07, 6.45) is 0. The molecule has 0 aliphatic carbocycles. The highest BCUT2D eigenvalue weighted by Gasteiger charge is 2.06. The number of hydrogen-bond donors (Lipinski definition) is 0. The van der Waals surface area contributed by atoms with Gasteiger partial charge in [0.2, 0.25) is 0 Å². The Bertz CT molecular complexity index is 561. The Morgan fingerprint density at radius 3 is 2.79 bits per heavy atom. The molecule has 4 nitrogen and oxygen atoms in total. The molecule has 0 bridgehead atoms. The summed E-state index contributed by atoms with van der Waals surface area (Å²) in [5.41, 5.74) is 1.69. The minimum absolute atomic E-state index is 0.355. The fraction of sp³-hybridized carbons (Fsp3) is 0.286. The van der Waals surface area contributed by atoms with Crippen molar-refractivity contribution in [2.45, 2.75) is 13.5 Å². The monoisotopic (exact) mass is 278 g/mol. The summed E-state index contributed by atoms with van der Waals surface area (Å²) in [5, 5.41) is 0.405. The van der Waals surface area contributed by atoms with E-state index in [-0.39, 0.29) is 0 Å². The van der Waals surface area contributed by atoms with Crippen LogP contribution in [0.25, 0.3) is 11.3 Å². The molecule has 0 saturated heterocycles. The van der Waals surface area contributed by atoms with Crippen LogP contribution in [0, 0.1) is 0 Å². The van der Waals surface area contributed by atoms with Crippen LogP contribution in [0.4, 0.5) is 0 Å². The molecule has 19 heavy (non-hydrogen) atoms. The summed E-state index contributed by atoms with van der Waals surface area (Å²) in [6.45, 7) is 2.89. The lowest BCUT2D eigenvalue weighted by atomic mass is 10.1. The Kier molecular flexibility index (Phi) is 4.71. The van der Waals surface area contributed by atoms with E-state index in [2.05, 4.69) is 9.97 Å². The van der Waals surface area contributed by atoms with Gasteiger partial charge in [-0.15, -0.1) is 0 Å². The van der Waals surface area contributed by atoms with Gasteiger partial charge in [0, 0.05) is 18.2 Å². The van der Waals surface area contributed by atoms with Crippen LogP contribution in [0.15, 0.2) is 30.3 Å². The van der Waals surface area contributed by atoms with E-state index in [1.165, 1.54) is 0 Å². The summed E-state index contributed by atoms with van der Waals surface area (Å²) in [5.74, 6) is 1.35. The average Bonchev–Trinajstić information content (AvgIpc) is 2.44. The Labute approximate surface area is 117 Å². The van der Waals surface area contributed by atoms with Gasteiger partial charge in [-0.05, 0) is 19.1 Å². The zero-order valence-electron chi connectivity index (χ0n) is 10.9. The van der Waals surface area contributed by atoms with Crippen molar-refractivity contribution in [1.29, 1.82) is 0 Å². The molecule has 1 heterocycles. The Morgan fingerprint density at radius 1 is 1.21 bits per heavy atom. The van der Waals surface area contributed by atoms with Gasteiger partial charge in [0.1, 0.15) is 17.5 Å². The van der Waals surface area contributed by atoms with Crippen LogP contribution in [0.2, 0.25) is 5.15 Å². The van der Waals surface area contributed by atoms with Crippen LogP contribution in [0.1, 0.15) is 12.7 Å². The lowest BCUT2D eigenvalue weighted by molar-refractivity contribution is 0.128. The van der Waals surface area contributed by atoms with Crippen LogP contribution in [-0.2, 0) is 11.3 Å². The molecule has 5 heteroatoms. The predicted molar refractivity (Wildman–Crippen MR) is 74.4 cm³/mol. The molecule has 100 valence electrons. The molecule has 0 fully saturated rings. The summed E-state index contributed by atoms with van der Waals surface area (Å²) in [6, 6.07) is 9.38. The molecular weight excluding hydrogens is 264 g/mol. The minimum Gasteiger partial charge on any atom is -0.497 e. The van der Waals surface area contributed by atoms with Gasteiger partial charge in [-0.3, -0.25) is 0 Å². The fourth-order valence-corrected chi connectivity index (χ4v) is 1.85. The topological polar surface area (TPSA) is 44.2 Å². The van der Waals surface area contributed by atoms with Gasteiger partial charge in [-0.1, -0.05) is 23.7 Å². The first-order valence-corrected chi connectivity index (χ1v) is 6.36. The van der Waals surface area contributed by atoms with Crippen LogP contribution < -0.4 is 4.74 Å². The number of methoxy groups -OCH3 is 1. The number of aromatic nitrogens is 2. The van der Waals surface area contributed by atoms with Crippen LogP contribution in [0.3, 0.4) is 0 Å². The van der Waals surface area contributed by atoms with E-state index in [9.17, 15) is 0 Å². The van der Waals surface area contributed by atoms with Crippen molar-refractivity contribution < 1.29 is 9.47 Å². The molecule has 0 N–H and O–H groups in total. The third-order valence-electron chi connectivity index (χ3n) is 2.54. The van der Waals surface area contributed by atoms with Crippen molar-refractivity contribution in [2.75, 3.05) is 13.7 Å². The highest BCUT2D eigenvalue weighted by atomic mass is 35.5. The Hall–Kier alpha value is -1.65. The molecule has 0 saturated carbocycles. The zero-order chi connectivity index (χ0) is 13.7. The number of rotatable bonds is 5. The highest BCUT2D eigenvalue weighted by Crippen LogP contribution is 2.24. The Morgan fingerprint density at radius 2 is 2.05 bits per heavy atom. The van der Waals surface area contributed by atoms with E-state index in [1.807, 2.05) is 31.2 Å². The van der Waals surface area contributed by atoms with Crippen LogP contribution >= 0.6 is 11.6 Å². The van der Waals surface area contributed by atoms with Gasteiger partial charge < -0.3 is 9.47 Å². The number of hydrogen-bond acceptors (Lipinski definition) is 4. The maximum Gasteiger partial charge on any atom is 0.156 e. The second kappa shape index (κ2) is 6.50. The fourth-order valence-electron chi connectivity index (χ4n) is 1.65. The summed E-state index contributed by atoms with van der Waals surface area (Å²) >= 11 is 6.01. The normalized spacial score (nSPS) is 10.5. The van der Waals surface area contributed by atoms with E-state index >= 15 is 0 Å².